The van der Waals surface area contributed by atoms with Gasteiger partial charge >= 0.3 is 0 Å². The van der Waals surface area contributed by atoms with Crippen molar-refractivity contribution < 1.29 is 14.4 Å². The first-order chi connectivity index (χ1) is 13.1. The normalized spacial score (nSPS) is 25.9. The first-order valence-corrected chi connectivity index (χ1v) is 9.99. The Morgan fingerprint density at radius 2 is 1.70 bits per heavy atom. The molecule has 2 fully saturated rings. The minimum Gasteiger partial charge on any atom is -0.339 e. The Hall–Kier alpha value is -2.43. The standard InChI is InChI=1S/C22H26N2O3/c1-15-9-10-18-19(13-15)22(27)24(21(18)26)17-8-6-7-16(14-17)20(25)23-11-4-2-3-5-12-23/h6-9,14,18-19H,2-5,10-13H2,1H3/t18-,19-/m1/s1. The van der Waals surface area contributed by atoms with E-state index in [1.165, 1.54) is 10.5 Å². The molecule has 0 saturated carbocycles. The predicted molar refractivity (Wildman–Crippen MR) is 103 cm³/mol. The number of amides is 3. The summed E-state index contributed by atoms with van der Waals surface area (Å²) in [5.41, 5.74) is 2.25. The molecular formula is C22H26N2O3. The number of likely N-dealkylation sites (tertiary alicyclic amines) is 1. The number of carbonyl (C=O) groups is 3. The van der Waals surface area contributed by atoms with Crippen molar-refractivity contribution in [2.75, 3.05) is 18.0 Å². The largest absolute Gasteiger partial charge is 0.339 e. The molecule has 5 nitrogen and oxygen atoms in total. The van der Waals surface area contributed by atoms with Crippen molar-refractivity contribution in [3.8, 4) is 0 Å². The van der Waals surface area contributed by atoms with Crippen LogP contribution in [-0.2, 0) is 9.59 Å². The molecule has 2 heterocycles. The van der Waals surface area contributed by atoms with Gasteiger partial charge < -0.3 is 4.90 Å². The highest BCUT2D eigenvalue weighted by molar-refractivity contribution is 6.22. The molecule has 142 valence electrons. The zero-order valence-corrected chi connectivity index (χ0v) is 15.8. The second kappa shape index (κ2) is 7.29. The highest BCUT2D eigenvalue weighted by atomic mass is 16.2. The quantitative estimate of drug-likeness (QED) is 0.594. The third-order valence-corrected chi connectivity index (χ3v) is 6.07. The van der Waals surface area contributed by atoms with E-state index in [1.807, 2.05) is 11.8 Å². The smallest absolute Gasteiger partial charge is 0.253 e. The zero-order valence-electron chi connectivity index (χ0n) is 15.8. The SMILES string of the molecule is CC1=CC[C@H]2C(=O)N(c3cccc(C(=O)N4CCCCCC4)c3)C(=O)[C@@H]2C1. The summed E-state index contributed by atoms with van der Waals surface area (Å²) in [4.78, 5) is 41.9. The van der Waals surface area contributed by atoms with Crippen molar-refractivity contribution in [2.45, 2.75) is 45.4 Å². The molecule has 0 bridgehead atoms. The number of rotatable bonds is 2. The summed E-state index contributed by atoms with van der Waals surface area (Å²) in [6.07, 6.45) is 7.74. The van der Waals surface area contributed by atoms with Crippen LogP contribution in [0.1, 0.15) is 55.8 Å². The number of allylic oxidation sites excluding steroid dienone is 2. The summed E-state index contributed by atoms with van der Waals surface area (Å²) < 4.78 is 0. The molecule has 0 spiro atoms. The lowest BCUT2D eigenvalue weighted by Gasteiger charge is -2.21. The fraction of sp³-hybridized carbons (Fsp3) is 0.500. The van der Waals surface area contributed by atoms with E-state index < -0.39 is 0 Å². The first-order valence-electron chi connectivity index (χ1n) is 9.99. The summed E-state index contributed by atoms with van der Waals surface area (Å²) in [7, 11) is 0. The van der Waals surface area contributed by atoms with Crippen molar-refractivity contribution >= 4 is 23.4 Å². The molecule has 1 aromatic rings. The first kappa shape index (κ1) is 18.0. The summed E-state index contributed by atoms with van der Waals surface area (Å²) in [6, 6.07) is 7.01. The second-order valence-corrected chi connectivity index (χ2v) is 7.97. The van der Waals surface area contributed by atoms with Crippen LogP contribution in [-0.4, -0.2) is 35.7 Å². The Labute approximate surface area is 160 Å². The van der Waals surface area contributed by atoms with Gasteiger partial charge in [-0.05, 0) is 50.8 Å². The lowest BCUT2D eigenvalue weighted by Crippen LogP contribution is -2.33. The van der Waals surface area contributed by atoms with Crippen LogP contribution in [0.2, 0.25) is 0 Å². The van der Waals surface area contributed by atoms with Gasteiger partial charge in [-0.15, -0.1) is 0 Å². The molecule has 3 aliphatic rings. The van der Waals surface area contributed by atoms with Crippen LogP contribution in [0.15, 0.2) is 35.9 Å². The van der Waals surface area contributed by atoms with Gasteiger partial charge in [0.2, 0.25) is 11.8 Å². The molecule has 2 atom stereocenters. The van der Waals surface area contributed by atoms with Gasteiger partial charge in [-0.1, -0.05) is 30.6 Å². The summed E-state index contributed by atoms with van der Waals surface area (Å²) in [5.74, 6) is -0.781. The topological polar surface area (TPSA) is 57.7 Å². The molecule has 0 radical (unpaired) electrons. The molecule has 1 aromatic carbocycles. The van der Waals surface area contributed by atoms with Crippen LogP contribution >= 0.6 is 0 Å². The van der Waals surface area contributed by atoms with Gasteiger partial charge in [0, 0.05) is 18.7 Å². The Morgan fingerprint density at radius 3 is 2.44 bits per heavy atom. The highest BCUT2D eigenvalue weighted by Crippen LogP contribution is 2.39. The highest BCUT2D eigenvalue weighted by Gasteiger charge is 2.48. The van der Waals surface area contributed by atoms with E-state index in [2.05, 4.69) is 6.08 Å². The second-order valence-electron chi connectivity index (χ2n) is 7.97. The van der Waals surface area contributed by atoms with Gasteiger partial charge in [0.1, 0.15) is 0 Å². The molecule has 2 aliphatic heterocycles. The molecule has 27 heavy (non-hydrogen) atoms. The maximum absolute atomic E-state index is 12.9. The maximum Gasteiger partial charge on any atom is 0.253 e. The minimum absolute atomic E-state index is 0.00669. The number of nitrogens with zero attached hydrogens (tertiary/aromatic N) is 2. The summed E-state index contributed by atoms with van der Waals surface area (Å²) >= 11 is 0. The number of hydrogen-bond donors (Lipinski definition) is 0. The Balaban J connectivity index is 1.58. The van der Waals surface area contributed by atoms with Crippen LogP contribution in [0.4, 0.5) is 5.69 Å². The molecule has 5 heteroatoms. The summed E-state index contributed by atoms with van der Waals surface area (Å²) in [6.45, 7) is 3.57. The Bertz CT molecular complexity index is 806. The van der Waals surface area contributed by atoms with Crippen molar-refractivity contribution in [3.63, 3.8) is 0 Å². The average molecular weight is 366 g/mol. The minimum atomic E-state index is -0.258. The van der Waals surface area contributed by atoms with E-state index in [0.717, 1.165) is 38.8 Å². The van der Waals surface area contributed by atoms with Crippen molar-refractivity contribution in [2.24, 2.45) is 11.8 Å². The van der Waals surface area contributed by atoms with Gasteiger partial charge in [-0.3, -0.25) is 19.3 Å². The fourth-order valence-electron chi connectivity index (χ4n) is 4.53. The molecular weight excluding hydrogens is 340 g/mol. The third kappa shape index (κ3) is 3.31. The molecule has 1 aliphatic carbocycles. The van der Waals surface area contributed by atoms with E-state index in [9.17, 15) is 14.4 Å². The van der Waals surface area contributed by atoms with Crippen LogP contribution in [0.25, 0.3) is 0 Å². The maximum atomic E-state index is 12.9. The molecule has 2 saturated heterocycles. The molecule has 0 unspecified atom stereocenters. The number of imide groups is 1. The van der Waals surface area contributed by atoms with E-state index in [0.29, 0.717) is 24.1 Å². The van der Waals surface area contributed by atoms with Crippen molar-refractivity contribution in [3.05, 3.63) is 41.5 Å². The number of carbonyl (C=O) groups excluding carboxylic acids is 3. The number of hydrogen-bond acceptors (Lipinski definition) is 3. The van der Waals surface area contributed by atoms with Gasteiger partial charge in [0.25, 0.3) is 5.91 Å². The van der Waals surface area contributed by atoms with E-state index >= 15 is 0 Å². The fourth-order valence-corrected chi connectivity index (χ4v) is 4.53. The average Bonchev–Trinajstić information content (AvgIpc) is 2.87. The molecule has 3 amide bonds. The number of anilines is 1. The lowest BCUT2D eigenvalue weighted by atomic mass is 9.82. The van der Waals surface area contributed by atoms with E-state index in [4.69, 9.17) is 0 Å². The van der Waals surface area contributed by atoms with Gasteiger partial charge in [0.05, 0.1) is 17.5 Å². The van der Waals surface area contributed by atoms with Crippen molar-refractivity contribution in [1.82, 2.24) is 4.90 Å². The van der Waals surface area contributed by atoms with Crippen LogP contribution in [0.5, 0.6) is 0 Å². The number of fused-ring (bicyclic) bond motifs is 1. The van der Waals surface area contributed by atoms with Crippen LogP contribution < -0.4 is 4.90 Å². The molecule has 0 N–H and O–H groups in total. The van der Waals surface area contributed by atoms with Gasteiger partial charge in [-0.25, -0.2) is 0 Å². The lowest BCUT2D eigenvalue weighted by molar-refractivity contribution is -0.122. The number of benzene rings is 1. The third-order valence-electron chi connectivity index (χ3n) is 6.07. The Kier molecular flexibility index (Phi) is 4.85. The van der Waals surface area contributed by atoms with E-state index in [1.54, 1.807) is 24.3 Å². The molecule has 0 aromatic heterocycles. The monoisotopic (exact) mass is 366 g/mol. The van der Waals surface area contributed by atoms with E-state index in [-0.39, 0.29) is 29.6 Å². The van der Waals surface area contributed by atoms with Crippen LogP contribution in [0, 0.1) is 11.8 Å². The summed E-state index contributed by atoms with van der Waals surface area (Å²) in [5, 5.41) is 0. The van der Waals surface area contributed by atoms with Gasteiger partial charge in [-0.2, -0.15) is 0 Å². The Morgan fingerprint density at radius 1 is 1.00 bits per heavy atom. The van der Waals surface area contributed by atoms with Crippen LogP contribution in [0.3, 0.4) is 0 Å². The van der Waals surface area contributed by atoms with Crippen molar-refractivity contribution in [1.29, 1.82) is 0 Å². The zero-order chi connectivity index (χ0) is 19.0. The molecule has 4 rings (SSSR count). The van der Waals surface area contributed by atoms with Gasteiger partial charge in [0.15, 0.2) is 0 Å². The predicted octanol–water partition coefficient (Wildman–Crippen LogP) is 3.55.